The van der Waals surface area contributed by atoms with Gasteiger partial charge in [-0.05, 0) is 25.6 Å². The summed E-state index contributed by atoms with van der Waals surface area (Å²) in [6.45, 7) is 2.04. The molecule has 5 heteroatoms. The van der Waals surface area contributed by atoms with Crippen LogP contribution in [0.25, 0.3) is 0 Å². The van der Waals surface area contributed by atoms with E-state index in [-0.39, 0.29) is 6.61 Å². The van der Waals surface area contributed by atoms with E-state index in [1.807, 2.05) is 56.0 Å². The molecular weight excluding hydrogens is 270 g/mol. The van der Waals surface area contributed by atoms with E-state index >= 15 is 0 Å². The van der Waals surface area contributed by atoms with Gasteiger partial charge in [-0.15, -0.1) is 11.8 Å². The van der Waals surface area contributed by atoms with Crippen LogP contribution in [0.3, 0.4) is 0 Å². The van der Waals surface area contributed by atoms with Gasteiger partial charge in [-0.1, -0.05) is 30.3 Å². The lowest BCUT2D eigenvalue weighted by molar-refractivity contribution is 0.187. The van der Waals surface area contributed by atoms with Crippen LogP contribution in [0, 0.1) is 6.92 Å². The average Bonchev–Trinajstić information content (AvgIpc) is 2.80. The topological polar surface area (TPSA) is 50.1 Å². The van der Waals surface area contributed by atoms with Crippen molar-refractivity contribution < 1.29 is 5.11 Å². The Hall–Kier alpha value is -1.30. The van der Waals surface area contributed by atoms with Crippen molar-refractivity contribution >= 4 is 11.8 Å². The first kappa shape index (κ1) is 15.1. The van der Waals surface area contributed by atoms with Crippen LogP contribution >= 0.6 is 11.8 Å². The maximum atomic E-state index is 9.88. The van der Waals surface area contributed by atoms with Gasteiger partial charge in [-0.2, -0.15) is 5.10 Å². The van der Waals surface area contributed by atoms with Crippen LogP contribution in [0.2, 0.25) is 0 Å². The smallest absolute Gasteiger partial charge is 0.0940 e. The summed E-state index contributed by atoms with van der Waals surface area (Å²) >= 11 is 1.70. The lowest BCUT2D eigenvalue weighted by atomic mass is 9.93. The van der Waals surface area contributed by atoms with Gasteiger partial charge in [0, 0.05) is 12.8 Å². The first-order chi connectivity index (χ1) is 9.61. The van der Waals surface area contributed by atoms with Crippen molar-refractivity contribution in [3.63, 3.8) is 0 Å². The van der Waals surface area contributed by atoms with Gasteiger partial charge < -0.3 is 10.4 Å². The van der Waals surface area contributed by atoms with Crippen molar-refractivity contribution in [1.29, 1.82) is 0 Å². The summed E-state index contributed by atoms with van der Waals surface area (Å²) in [6, 6.07) is 12.1. The maximum Gasteiger partial charge on any atom is 0.0940 e. The van der Waals surface area contributed by atoms with Crippen molar-refractivity contribution in [3.8, 4) is 0 Å². The van der Waals surface area contributed by atoms with Gasteiger partial charge in [0.2, 0.25) is 0 Å². The molecule has 0 aliphatic carbocycles. The summed E-state index contributed by atoms with van der Waals surface area (Å²) in [7, 11) is 3.83. The monoisotopic (exact) mass is 291 g/mol. The van der Waals surface area contributed by atoms with Crippen molar-refractivity contribution in [3.05, 3.63) is 47.7 Å². The Morgan fingerprint density at radius 1 is 1.35 bits per heavy atom. The second-order valence-corrected chi connectivity index (χ2v) is 5.89. The Balaban J connectivity index is 2.20. The first-order valence-electron chi connectivity index (χ1n) is 6.60. The number of aryl methyl sites for hydroxylation is 2. The summed E-state index contributed by atoms with van der Waals surface area (Å²) in [5.74, 6) is 0.739. The van der Waals surface area contributed by atoms with Crippen molar-refractivity contribution in [2.75, 3.05) is 19.4 Å². The fourth-order valence-electron chi connectivity index (χ4n) is 2.19. The second kappa shape index (κ2) is 6.43. The number of rotatable bonds is 6. The van der Waals surface area contributed by atoms with Crippen LogP contribution in [0.4, 0.5) is 0 Å². The zero-order valence-electron chi connectivity index (χ0n) is 12.1. The fraction of sp³-hybridized carbons (Fsp3) is 0.400. The lowest BCUT2D eigenvalue weighted by Crippen LogP contribution is -2.45. The number of aliphatic hydroxyl groups excluding tert-OH is 1. The molecule has 108 valence electrons. The summed E-state index contributed by atoms with van der Waals surface area (Å²) in [5, 5.41) is 18.6. The van der Waals surface area contributed by atoms with Gasteiger partial charge >= 0.3 is 0 Å². The zero-order valence-corrected chi connectivity index (χ0v) is 12.9. The molecule has 0 bridgehead atoms. The minimum absolute atomic E-state index is 0.0529. The molecule has 0 spiro atoms. The van der Waals surface area contributed by atoms with Crippen LogP contribution in [0.5, 0.6) is 0 Å². The molecule has 2 aromatic rings. The normalized spacial score (nSPS) is 14.2. The molecule has 0 amide bonds. The predicted molar refractivity (Wildman–Crippen MR) is 82.9 cm³/mol. The molecule has 4 nitrogen and oxygen atoms in total. The van der Waals surface area contributed by atoms with E-state index in [2.05, 4.69) is 16.5 Å². The zero-order chi connectivity index (χ0) is 14.6. The highest BCUT2D eigenvalue weighted by Crippen LogP contribution is 2.29. The lowest BCUT2D eigenvalue weighted by Gasteiger charge is -2.31. The van der Waals surface area contributed by atoms with E-state index in [0.717, 1.165) is 22.0 Å². The number of thioether (sulfide) groups is 1. The van der Waals surface area contributed by atoms with E-state index in [1.54, 1.807) is 11.8 Å². The summed E-state index contributed by atoms with van der Waals surface area (Å²) in [5.41, 5.74) is 1.66. The molecule has 1 aromatic carbocycles. The molecule has 20 heavy (non-hydrogen) atoms. The number of benzene rings is 1. The van der Waals surface area contributed by atoms with Gasteiger partial charge in [0.05, 0.1) is 22.9 Å². The predicted octanol–water partition coefficient (Wildman–Crippen LogP) is 1.93. The van der Waals surface area contributed by atoms with Gasteiger partial charge in [0.15, 0.2) is 0 Å². The average molecular weight is 291 g/mol. The molecule has 0 radical (unpaired) electrons. The van der Waals surface area contributed by atoms with Gasteiger partial charge in [0.1, 0.15) is 0 Å². The number of likely N-dealkylation sites (N-methyl/N-ethyl adjacent to an activating group) is 1. The standard InChI is InChI=1S/C15H21N3OS/c1-12-9-14(18(3)17-12)20-11-15(10-19,16-2)13-7-5-4-6-8-13/h4-9,16,19H,10-11H2,1-3H3. The number of nitrogens with one attached hydrogen (secondary N) is 1. The number of nitrogens with zero attached hydrogens (tertiary/aromatic N) is 2. The van der Waals surface area contributed by atoms with E-state index in [1.165, 1.54) is 0 Å². The molecule has 0 fully saturated rings. The number of aliphatic hydroxyl groups is 1. The largest absolute Gasteiger partial charge is 0.394 e. The Morgan fingerprint density at radius 2 is 2.05 bits per heavy atom. The summed E-state index contributed by atoms with van der Waals surface area (Å²) < 4.78 is 1.88. The Labute approximate surface area is 124 Å². The molecule has 0 aliphatic rings. The fourth-order valence-corrected chi connectivity index (χ4v) is 3.47. The second-order valence-electron chi connectivity index (χ2n) is 4.89. The van der Waals surface area contributed by atoms with Crippen LogP contribution < -0.4 is 5.32 Å². The Morgan fingerprint density at radius 3 is 2.55 bits per heavy atom. The number of hydrogen-bond acceptors (Lipinski definition) is 4. The minimum Gasteiger partial charge on any atom is -0.394 e. The van der Waals surface area contributed by atoms with Crippen LogP contribution in [0.1, 0.15) is 11.3 Å². The van der Waals surface area contributed by atoms with E-state index in [0.29, 0.717) is 0 Å². The van der Waals surface area contributed by atoms with Gasteiger partial charge in [0.25, 0.3) is 0 Å². The number of aromatic nitrogens is 2. The number of hydrogen-bond donors (Lipinski definition) is 2. The van der Waals surface area contributed by atoms with Crippen molar-refractivity contribution in [2.45, 2.75) is 17.5 Å². The summed E-state index contributed by atoms with van der Waals surface area (Å²) in [4.78, 5) is 0. The van der Waals surface area contributed by atoms with E-state index in [4.69, 9.17) is 0 Å². The van der Waals surface area contributed by atoms with E-state index < -0.39 is 5.54 Å². The molecule has 1 aromatic heterocycles. The highest BCUT2D eigenvalue weighted by atomic mass is 32.2. The quantitative estimate of drug-likeness (QED) is 0.799. The molecule has 2 N–H and O–H groups in total. The van der Waals surface area contributed by atoms with Crippen molar-refractivity contribution in [2.24, 2.45) is 7.05 Å². The molecule has 1 unspecified atom stereocenters. The van der Waals surface area contributed by atoms with E-state index in [9.17, 15) is 5.11 Å². The SMILES string of the molecule is CNC(CO)(CSc1cc(C)nn1C)c1ccccc1. The first-order valence-corrected chi connectivity index (χ1v) is 7.58. The highest BCUT2D eigenvalue weighted by Gasteiger charge is 2.30. The molecule has 0 saturated carbocycles. The molecule has 0 saturated heterocycles. The summed E-state index contributed by atoms with van der Waals surface area (Å²) in [6.07, 6.45) is 0. The third-order valence-electron chi connectivity index (χ3n) is 3.50. The third kappa shape index (κ3) is 3.06. The molecule has 1 heterocycles. The Kier molecular flexibility index (Phi) is 4.86. The minimum atomic E-state index is -0.440. The molecule has 1 atom stereocenters. The molecule has 0 aliphatic heterocycles. The highest BCUT2D eigenvalue weighted by molar-refractivity contribution is 7.99. The Bertz CT molecular complexity index is 550. The van der Waals surface area contributed by atoms with Gasteiger partial charge in [-0.3, -0.25) is 4.68 Å². The van der Waals surface area contributed by atoms with Crippen LogP contribution in [-0.2, 0) is 12.6 Å². The van der Waals surface area contributed by atoms with Gasteiger partial charge in [-0.25, -0.2) is 0 Å². The van der Waals surface area contributed by atoms with Crippen LogP contribution in [0.15, 0.2) is 41.4 Å². The molecule has 2 rings (SSSR count). The maximum absolute atomic E-state index is 9.88. The third-order valence-corrected chi connectivity index (χ3v) is 4.82. The van der Waals surface area contributed by atoms with Crippen LogP contribution in [-0.4, -0.2) is 34.3 Å². The molecular formula is C15H21N3OS. The van der Waals surface area contributed by atoms with Crippen molar-refractivity contribution in [1.82, 2.24) is 15.1 Å².